The molecule has 0 bridgehead atoms. The Labute approximate surface area is 175 Å². The van der Waals surface area contributed by atoms with E-state index in [4.69, 9.17) is 0 Å². The maximum absolute atomic E-state index is 3.67. The number of nitrogens with one attached hydrogen (secondary N) is 1. The summed E-state index contributed by atoms with van der Waals surface area (Å²) >= 11 is 0. The molecule has 0 saturated heterocycles. The fourth-order valence-corrected chi connectivity index (χ4v) is 10.6. The number of para-hydroxylation sites is 4. The van der Waals surface area contributed by atoms with Crippen molar-refractivity contribution in [3.8, 4) is 0 Å². The monoisotopic (exact) mass is 401 g/mol. The summed E-state index contributed by atoms with van der Waals surface area (Å²) in [6, 6.07) is 18.2. The van der Waals surface area contributed by atoms with Crippen LogP contribution >= 0.6 is 0 Å². The molecule has 2 aromatic rings. The third-order valence-corrected chi connectivity index (χ3v) is 11.3. The van der Waals surface area contributed by atoms with Gasteiger partial charge >= 0.3 is 0 Å². The number of hydrogen-bond acceptors (Lipinski definition) is 3. The first-order valence-electron chi connectivity index (χ1n) is 10.7. The van der Waals surface area contributed by atoms with Crippen molar-refractivity contribution >= 4 is 31.0 Å². The van der Waals surface area contributed by atoms with Crippen molar-refractivity contribution in [1.82, 2.24) is 4.90 Å². The van der Waals surface area contributed by atoms with E-state index in [0.717, 1.165) is 0 Å². The largest absolute Gasteiger partial charge is 0.365 e. The minimum absolute atomic E-state index is 0.605. The van der Waals surface area contributed by atoms with Crippen LogP contribution in [0.3, 0.4) is 0 Å². The standard InChI is InChI=1S/C25H31N3Si/c1-27(2)24-17-18-11-5-6-12-19(18)25(24)29(3,4)28-22-15-9-7-13-20(22)26-21-14-8-10-16-23(21)28/h5-16,18-19,24-26H,17H2,1-4H3/t18-,19-,24+,25?/m0/s1. The molecule has 1 unspecified atom stereocenters. The van der Waals surface area contributed by atoms with E-state index in [1.54, 1.807) is 0 Å². The van der Waals surface area contributed by atoms with E-state index in [0.29, 0.717) is 23.4 Å². The summed E-state index contributed by atoms with van der Waals surface area (Å²) in [5, 5.41) is 3.67. The Morgan fingerprint density at radius 3 is 2.10 bits per heavy atom. The Kier molecular flexibility index (Phi) is 4.44. The molecular weight excluding hydrogens is 370 g/mol. The minimum atomic E-state index is -1.94. The molecule has 4 heteroatoms. The van der Waals surface area contributed by atoms with E-state index in [9.17, 15) is 0 Å². The lowest BCUT2D eigenvalue weighted by atomic mass is 9.92. The predicted molar refractivity (Wildman–Crippen MR) is 127 cm³/mol. The van der Waals surface area contributed by atoms with E-state index in [2.05, 4.69) is 115 Å². The molecule has 1 aliphatic heterocycles. The lowest BCUT2D eigenvalue weighted by Gasteiger charge is -2.50. The van der Waals surface area contributed by atoms with Crippen LogP contribution in [0.25, 0.3) is 0 Å². The van der Waals surface area contributed by atoms with Crippen molar-refractivity contribution in [3.05, 3.63) is 72.8 Å². The first-order valence-corrected chi connectivity index (χ1v) is 13.8. The van der Waals surface area contributed by atoms with Crippen LogP contribution in [-0.4, -0.2) is 33.3 Å². The molecule has 1 saturated carbocycles. The van der Waals surface area contributed by atoms with Crippen LogP contribution in [0.2, 0.25) is 18.6 Å². The Bertz CT molecular complexity index is 932. The highest BCUT2D eigenvalue weighted by molar-refractivity contribution is 6.84. The normalized spacial score (nSPS) is 27.4. The third kappa shape index (κ3) is 2.89. The van der Waals surface area contributed by atoms with Gasteiger partial charge in [-0.15, -0.1) is 0 Å². The highest BCUT2D eigenvalue weighted by Gasteiger charge is 2.54. The molecule has 4 atom stereocenters. The average Bonchev–Trinajstić information content (AvgIpc) is 3.12. The van der Waals surface area contributed by atoms with E-state index < -0.39 is 8.24 Å². The fraction of sp³-hybridized carbons (Fsp3) is 0.360. The van der Waals surface area contributed by atoms with Gasteiger partial charge in [-0.2, -0.15) is 0 Å². The molecule has 0 aromatic heterocycles. The summed E-state index contributed by atoms with van der Waals surface area (Å²) in [5.74, 6) is 1.29. The quantitative estimate of drug-likeness (QED) is 0.622. The topological polar surface area (TPSA) is 18.5 Å². The van der Waals surface area contributed by atoms with Crippen molar-refractivity contribution in [2.45, 2.75) is 31.1 Å². The maximum atomic E-state index is 3.67. The van der Waals surface area contributed by atoms with Crippen molar-refractivity contribution in [2.75, 3.05) is 24.0 Å². The number of anilines is 4. The molecule has 2 aromatic carbocycles. The first-order chi connectivity index (χ1) is 14.0. The number of fused-ring (bicyclic) bond motifs is 3. The number of rotatable bonds is 3. The molecule has 0 radical (unpaired) electrons. The smallest absolute Gasteiger partial charge is 0.161 e. The van der Waals surface area contributed by atoms with Gasteiger partial charge in [0, 0.05) is 6.04 Å². The molecule has 3 nitrogen and oxygen atoms in total. The van der Waals surface area contributed by atoms with E-state index in [1.807, 2.05) is 0 Å². The molecule has 29 heavy (non-hydrogen) atoms. The van der Waals surface area contributed by atoms with Crippen LogP contribution in [0.5, 0.6) is 0 Å². The highest BCUT2D eigenvalue weighted by Crippen LogP contribution is 2.56. The van der Waals surface area contributed by atoms with E-state index in [-0.39, 0.29) is 0 Å². The van der Waals surface area contributed by atoms with Crippen molar-refractivity contribution in [2.24, 2.45) is 11.8 Å². The molecule has 2 aliphatic carbocycles. The third-order valence-electron chi connectivity index (χ3n) is 7.25. The zero-order chi connectivity index (χ0) is 20.2. The predicted octanol–water partition coefficient (Wildman–Crippen LogP) is 6.15. The van der Waals surface area contributed by atoms with Crippen LogP contribution in [0.4, 0.5) is 22.7 Å². The minimum Gasteiger partial charge on any atom is -0.365 e. The van der Waals surface area contributed by atoms with Gasteiger partial charge in [-0.3, -0.25) is 0 Å². The van der Waals surface area contributed by atoms with Gasteiger partial charge in [0.2, 0.25) is 0 Å². The van der Waals surface area contributed by atoms with Crippen LogP contribution < -0.4 is 9.88 Å². The Hall–Kier alpha value is -2.30. The molecule has 1 fully saturated rings. The summed E-state index contributed by atoms with van der Waals surface area (Å²) in [5.41, 5.74) is 5.77. The van der Waals surface area contributed by atoms with Gasteiger partial charge in [-0.25, -0.2) is 0 Å². The van der Waals surface area contributed by atoms with Gasteiger partial charge in [0.1, 0.15) is 0 Å². The van der Waals surface area contributed by atoms with Gasteiger partial charge < -0.3 is 14.8 Å². The molecule has 1 heterocycles. The Balaban J connectivity index is 1.66. The van der Waals surface area contributed by atoms with Crippen molar-refractivity contribution in [3.63, 3.8) is 0 Å². The number of benzene rings is 2. The zero-order valence-electron chi connectivity index (χ0n) is 17.8. The lowest BCUT2D eigenvalue weighted by Crippen LogP contribution is -2.56. The van der Waals surface area contributed by atoms with Gasteiger partial charge in [0.25, 0.3) is 0 Å². The van der Waals surface area contributed by atoms with Gasteiger partial charge in [0.15, 0.2) is 8.24 Å². The zero-order valence-corrected chi connectivity index (χ0v) is 18.8. The second-order valence-electron chi connectivity index (χ2n) is 9.45. The summed E-state index contributed by atoms with van der Waals surface area (Å²) in [6.45, 7) is 5.17. The van der Waals surface area contributed by atoms with Crippen molar-refractivity contribution < 1.29 is 0 Å². The average molecular weight is 402 g/mol. The number of allylic oxidation sites excluding steroid dienone is 4. The van der Waals surface area contributed by atoms with Gasteiger partial charge in [-0.05, 0) is 62.2 Å². The van der Waals surface area contributed by atoms with Crippen LogP contribution in [0.1, 0.15) is 6.42 Å². The maximum Gasteiger partial charge on any atom is 0.161 e. The van der Waals surface area contributed by atoms with Crippen LogP contribution in [0, 0.1) is 11.8 Å². The summed E-state index contributed by atoms with van der Waals surface area (Å²) in [4.78, 5) is 2.49. The summed E-state index contributed by atoms with van der Waals surface area (Å²) < 4.78 is 2.74. The highest BCUT2D eigenvalue weighted by atomic mass is 28.3. The molecule has 1 N–H and O–H groups in total. The second kappa shape index (κ2) is 6.89. The molecule has 0 spiro atoms. The molecule has 3 aliphatic rings. The number of nitrogens with zero attached hydrogens (tertiary/aromatic N) is 2. The van der Waals surface area contributed by atoms with Gasteiger partial charge in [-0.1, -0.05) is 61.7 Å². The molecule has 5 rings (SSSR count). The van der Waals surface area contributed by atoms with Crippen molar-refractivity contribution in [1.29, 1.82) is 0 Å². The van der Waals surface area contributed by atoms with Crippen LogP contribution in [0.15, 0.2) is 72.8 Å². The Morgan fingerprint density at radius 1 is 0.897 bits per heavy atom. The van der Waals surface area contributed by atoms with Crippen LogP contribution in [-0.2, 0) is 0 Å². The molecule has 0 amide bonds. The number of hydrogen-bond donors (Lipinski definition) is 1. The summed E-state index contributed by atoms with van der Waals surface area (Å²) in [6.07, 6.45) is 10.7. The Morgan fingerprint density at radius 2 is 1.48 bits per heavy atom. The molecular formula is C25H31N3Si. The second-order valence-corrected chi connectivity index (χ2v) is 13.9. The molecule has 150 valence electrons. The van der Waals surface area contributed by atoms with E-state index >= 15 is 0 Å². The van der Waals surface area contributed by atoms with Gasteiger partial charge in [0.05, 0.1) is 22.7 Å². The first kappa shape index (κ1) is 18.7. The lowest BCUT2D eigenvalue weighted by molar-refractivity contribution is 0.289. The summed E-state index contributed by atoms with van der Waals surface area (Å²) in [7, 11) is 2.60. The van der Waals surface area contributed by atoms with E-state index in [1.165, 1.54) is 29.2 Å². The fourth-order valence-electron chi connectivity index (χ4n) is 6.04. The SMILES string of the molecule is CN(C)[C@@H]1C[C@@H]2C=CC=C[C@@H]2C1[Si](C)(C)N1c2ccccc2Nc2ccccc21.